The van der Waals surface area contributed by atoms with E-state index in [1.165, 1.54) is 128 Å². The molecule has 0 aromatic rings. The summed E-state index contributed by atoms with van der Waals surface area (Å²) in [5.41, 5.74) is 0. The van der Waals surface area contributed by atoms with Gasteiger partial charge in [-0.15, -0.1) is 0 Å². The summed E-state index contributed by atoms with van der Waals surface area (Å²) >= 11 is 0. The predicted molar refractivity (Wildman–Crippen MR) is 170 cm³/mol. The molecule has 0 fully saturated rings. The minimum Gasteiger partial charge on any atom is -0.393 e. The molecule has 228 valence electrons. The molecule has 3 heteroatoms. The van der Waals surface area contributed by atoms with Crippen LogP contribution in [0.4, 0.5) is 0 Å². The van der Waals surface area contributed by atoms with Crippen molar-refractivity contribution in [2.45, 2.75) is 194 Å². The van der Waals surface area contributed by atoms with Gasteiger partial charge in [-0.05, 0) is 64.2 Å². The maximum absolute atomic E-state index is 11.9. The fourth-order valence-electron chi connectivity index (χ4n) is 4.91. The average molecular weight is 547 g/mol. The Morgan fingerprint density at radius 1 is 0.385 bits per heavy atom. The molecule has 0 heterocycles. The van der Waals surface area contributed by atoms with Crippen molar-refractivity contribution in [1.29, 1.82) is 0 Å². The molecule has 0 radical (unpaired) electrons. The van der Waals surface area contributed by atoms with Gasteiger partial charge in [-0.1, -0.05) is 141 Å². The molecule has 0 saturated carbocycles. The number of esters is 2. The Balaban J connectivity index is 3.37. The second kappa shape index (κ2) is 32.8. The molecule has 39 heavy (non-hydrogen) atoms. The minimum absolute atomic E-state index is 0.342. The first kappa shape index (κ1) is 37.6. The van der Waals surface area contributed by atoms with E-state index in [2.05, 4.69) is 38.2 Å². The van der Waals surface area contributed by atoms with Crippen LogP contribution in [0.25, 0.3) is 0 Å². The van der Waals surface area contributed by atoms with Crippen molar-refractivity contribution in [3.63, 3.8) is 0 Å². The van der Waals surface area contributed by atoms with Gasteiger partial charge in [-0.2, -0.15) is 0 Å². The maximum atomic E-state index is 11.9. The third-order valence-corrected chi connectivity index (χ3v) is 7.51. The molecule has 0 unspecified atom stereocenters. The number of hydrogen-bond acceptors (Lipinski definition) is 3. The van der Waals surface area contributed by atoms with E-state index in [0.29, 0.717) is 12.8 Å². The number of carbonyl (C=O) groups is 2. The Hall–Kier alpha value is -1.38. The maximum Gasteiger partial charge on any atom is 0.313 e. The van der Waals surface area contributed by atoms with Gasteiger partial charge in [0.05, 0.1) is 0 Å². The van der Waals surface area contributed by atoms with Crippen molar-refractivity contribution in [3.8, 4) is 0 Å². The molecule has 0 N–H and O–H groups in total. The van der Waals surface area contributed by atoms with Crippen molar-refractivity contribution >= 4 is 11.9 Å². The SMILES string of the molecule is CCCCCCCC/C=C\CCCCCCCC(=O)OC(=O)CCCCCCC/C=C/CCCCCCCC. The van der Waals surface area contributed by atoms with E-state index in [0.717, 1.165) is 38.5 Å². The topological polar surface area (TPSA) is 43.4 Å². The molecule has 0 aromatic heterocycles. The van der Waals surface area contributed by atoms with Gasteiger partial charge in [0.15, 0.2) is 0 Å². The lowest BCUT2D eigenvalue weighted by molar-refractivity contribution is -0.159. The highest BCUT2D eigenvalue weighted by Crippen LogP contribution is 2.12. The van der Waals surface area contributed by atoms with E-state index in [4.69, 9.17) is 4.74 Å². The van der Waals surface area contributed by atoms with Crippen LogP contribution >= 0.6 is 0 Å². The first-order valence-corrected chi connectivity index (χ1v) is 17.2. The largest absolute Gasteiger partial charge is 0.393 e. The Bertz CT molecular complexity index is 528. The summed E-state index contributed by atoms with van der Waals surface area (Å²) in [7, 11) is 0. The van der Waals surface area contributed by atoms with Crippen LogP contribution in [0.15, 0.2) is 24.3 Å². The number of rotatable bonds is 30. The van der Waals surface area contributed by atoms with Gasteiger partial charge < -0.3 is 4.74 Å². The van der Waals surface area contributed by atoms with Crippen molar-refractivity contribution in [2.75, 3.05) is 0 Å². The summed E-state index contributed by atoms with van der Waals surface area (Å²) in [5, 5.41) is 0. The van der Waals surface area contributed by atoms with Crippen molar-refractivity contribution in [1.82, 2.24) is 0 Å². The summed E-state index contributed by atoms with van der Waals surface area (Å²) in [5.74, 6) is -0.684. The fraction of sp³-hybridized carbons (Fsp3) is 0.833. The summed E-state index contributed by atoms with van der Waals surface area (Å²) in [6.45, 7) is 4.53. The van der Waals surface area contributed by atoms with Crippen LogP contribution in [-0.4, -0.2) is 11.9 Å². The molecule has 0 aliphatic carbocycles. The number of ether oxygens (including phenoxy) is 1. The lowest BCUT2D eigenvalue weighted by Crippen LogP contribution is -2.11. The first-order chi connectivity index (χ1) is 19.2. The highest BCUT2D eigenvalue weighted by atomic mass is 16.6. The van der Waals surface area contributed by atoms with Gasteiger partial charge in [0.25, 0.3) is 0 Å². The van der Waals surface area contributed by atoms with Crippen LogP contribution in [-0.2, 0) is 14.3 Å². The number of allylic oxidation sites excluding steroid dienone is 4. The van der Waals surface area contributed by atoms with Crippen LogP contribution in [0.2, 0.25) is 0 Å². The highest BCUT2D eigenvalue weighted by Gasteiger charge is 2.09. The number of carbonyl (C=O) groups excluding carboxylic acids is 2. The molecule has 0 rings (SSSR count). The minimum atomic E-state index is -0.342. The molecule has 3 nitrogen and oxygen atoms in total. The molecule has 0 aromatic carbocycles. The zero-order valence-corrected chi connectivity index (χ0v) is 26.3. The molecule has 0 amide bonds. The normalized spacial score (nSPS) is 11.6. The predicted octanol–water partition coefficient (Wildman–Crippen LogP) is 12.1. The van der Waals surface area contributed by atoms with E-state index in [-0.39, 0.29) is 11.9 Å². The van der Waals surface area contributed by atoms with E-state index >= 15 is 0 Å². The van der Waals surface area contributed by atoms with Crippen LogP contribution in [0, 0.1) is 0 Å². The van der Waals surface area contributed by atoms with Gasteiger partial charge in [-0.3, -0.25) is 9.59 Å². The average Bonchev–Trinajstić information content (AvgIpc) is 2.93. The zero-order valence-electron chi connectivity index (χ0n) is 26.3. The van der Waals surface area contributed by atoms with E-state index in [1.54, 1.807) is 0 Å². The van der Waals surface area contributed by atoms with Gasteiger partial charge >= 0.3 is 11.9 Å². The first-order valence-electron chi connectivity index (χ1n) is 17.2. The van der Waals surface area contributed by atoms with E-state index in [1.807, 2.05) is 0 Å². The molecular weight excluding hydrogens is 480 g/mol. The number of unbranched alkanes of at least 4 members (excludes halogenated alkanes) is 22. The standard InChI is InChI=1S/C36H66O3/c1-3-5-7-9-11-13-15-17-19-21-23-25-27-29-31-33-35(37)39-36(38)34-32-30-28-26-24-22-20-18-16-14-12-10-8-6-4-2/h17-20H,3-16,21-34H2,1-2H3/b19-17-,20-18+. The van der Waals surface area contributed by atoms with Crippen molar-refractivity contribution < 1.29 is 14.3 Å². The third kappa shape index (κ3) is 32.7. The van der Waals surface area contributed by atoms with Crippen LogP contribution in [0.5, 0.6) is 0 Å². The van der Waals surface area contributed by atoms with Crippen molar-refractivity contribution in [3.05, 3.63) is 24.3 Å². The Labute approximate surface area is 244 Å². The van der Waals surface area contributed by atoms with Gasteiger partial charge in [-0.25, -0.2) is 0 Å². The smallest absolute Gasteiger partial charge is 0.313 e. The van der Waals surface area contributed by atoms with Crippen LogP contribution in [0.1, 0.15) is 194 Å². The summed E-state index contributed by atoms with van der Waals surface area (Å²) in [4.78, 5) is 23.8. The summed E-state index contributed by atoms with van der Waals surface area (Å²) in [6.07, 6.45) is 42.2. The summed E-state index contributed by atoms with van der Waals surface area (Å²) < 4.78 is 4.99. The Morgan fingerprint density at radius 2 is 0.641 bits per heavy atom. The second-order valence-electron chi connectivity index (χ2n) is 11.5. The molecule has 0 bridgehead atoms. The van der Waals surface area contributed by atoms with Crippen molar-refractivity contribution in [2.24, 2.45) is 0 Å². The van der Waals surface area contributed by atoms with Gasteiger partial charge in [0.2, 0.25) is 0 Å². The van der Waals surface area contributed by atoms with Crippen LogP contribution < -0.4 is 0 Å². The monoisotopic (exact) mass is 547 g/mol. The molecular formula is C36H66O3. The Morgan fingerprint density at radius 3 is 0.949 bits per heavy atom. The van der Waals surface area contributed by atoms with E-state index < -0.39 is 0 Å². The van der Waals surface area contributed by atoms with E-state index in [9.17, 15) is 9.59 Å². The molecule has 0 spiro atoms. The van der Waals surface area contributed by atoms with Crippen LogP contribution in [0.3, 0.4) is 0 Å². The molecule has 0 aliphatic rings. The molecule has 0 atom stereocenters. The second-order valence-corrected chi connectivity index (χ2v) is 11.5. The quantitative estimate of drug-likeness (QED) is 0.0389. The lowest BCUT2D eigenvalue weighted by atomic mass is 10.1. The number of hydrogen-bond donors (Lipinski definition) is 0. The Kier molecular flexibility index (Phi) is 31.7. The lowest BCUT2D eigenvalue weighted by Gasteiger charge is -2.04. The summed E-state index contributed by atoms with van der Waals surface area (Å²) in [6, 6.07) is 0. The molecule has 0 aliphatic heterocycles. The van der Waals surface area contributed by atoms with Gasteiger partial charge in [0, 0.05) is 12.8 Å². The highest BCUT2D eigenvalue weighted by molar-refractivity contribution is 5.85. The van der Waals surface area contributed by atoms with Gasteiger partial charge in [0.1, 0.15) is 0 Å². The fourth-order valence-corrected chi connectivity index (χ4v) is 4.91. The third-order valence-electron chi connectivity index (χ3n) is 7.51. The molecule has 0 saturated heterocycles. The zero-order chi connectivity index (χ0) is 28.5.